The van der Waals surface area contributed by atoms with Crippen LogP contribution in [0, 0.1) is 5.82 Å². The first-order chi connectivity index (χ1) is 16.4. The van der Waals surface area contributed by atoms with E-state index in [-0.39, 0.29) is 11.5 Å². The molecule has 174 valence electrons. The van der Waals surface area contributed by atoms with Crippen LogP contribution in [0.2, 0.25) is 0 Å². The van der Waals surface area contributed by atoms with Gasteiger partial charge in [0.2, 0.25) is 0 Å². The lowest BCUT2D eigenvalue weighted by Crippen LogP contribution is -2.18. The molecule has 7 heteroatoms. The number of amides is 1. The second-order valence-corrected chi connectivity index (χ2v) is 7.70. The molecule has 0 spiro atoms. The summed E-state index contributed by atoms with van der Waals surface area (Å²) in [6, 6.07) is 14.4. The molecule has 0 saturated heterocycles. The van der Waals surface area contributed by atoms with Gasteiger partial charge in [-0.05, 0) is 60.9 Å². The number of aryl methyl sites for hydroxylation is 1. The molecule has 3 aromatic carbocycles. The lowest BCUT2D eigenvalue weighted by Gasteiger charge is -2.13. The van der Waals surface area contributed by atoms with Gasteiger partial charge in [-0.15, -0.1) is 0 Å². The van der Waals surface area contributed by atoms with Crippen molar-refractivity contribution in [3.63, 3.8) is 0 Å². The monoisotopic (exact) mass is 461 g/mol. The minimum atomic E-state index is -1.01. The Morgan fingerprint density at radius 3 is 2.35 bits per heavy atom. The molecule has 0 saturated carbocycles. The van der Waals surface area contributed by atoms with E-state index in [2.05, 4.69) is 5.32 Å². The number of fused-ring (bicyclic) bond motifs is 1. The number of benzene rings is 3. The van der Waals surface area contributed by atoms with Gasteiger partial charge < -0.3 is 19.6 Å². The maximum atomic E-state index is 13.5. The van der Waals surface area contributed by atoms with Gasteiger partial charge in [0.1, 0.15) is 22.9 Å². The predicted octanol–water partition coefficient (Wildman–Crippen LogP) is 5.92. The molecular formula is C27H24FNO5. The number of aromatic carboxylic acids is 1. The van der Waals surface area contributed by atoms with Crippen molar-refractivity contribution in [1.82, 2.24) is 5.32 Å². The number of carbonyl (C=O) groups excluding carboxylic acids is 1. The molecule has 6 nitrogen and oxygen atoms in total. The van der Waals surface area contributed by atoms with E-state index in [9.17, 15) is 19.1 Å². The Labute approximate surface area is 196 Å². The Bertz CT molecular complexity index is 1390. The Hall–Kier alpha value is -4.13. The van der Waals surface area contributed by atoms with Gasteiger partial charge in [0.05, 0.1) is 17.7 Å². The summed E-state index contributed by atoms with van der Waals surface area (Å²) in [5.41, 5.74) is 3.50. The summed E-state index contributed by atoms with van der Waals surface area (Å²) in [7, 11) is 1.52. The molecule has 0 unspecified atom stereocenters. The van der Waals surface area contributed by atoms with Crippen molar-refractivity contribution in [3.05, 3.63) is 77.1 Å². The third-order valence-corrected chi connectivity index (χ3v) is 5.68. The molecule has 1 heterocycles. The maximum absolute atomic E-state index is 13.5. The fourth-order valence-corrected chi connectivity index (χ4v) is 4.03. The molecular weight excluding hydrogens is 437 g/mol. The summed E-state index contributed by atoms with van der Waals surface area (Å²) in [4.78, 5) is 24.7. The maximum Gasteiger partial charge on any atom is 0.335 e. The second-order valence-electron chi connectivity index (χ2n) is 7.70. The number of furan rings is 1. The second kappa shape index (κ2) is 9.39. The number of ether oxygens (including phenoxy) is 1. The Kier molecular flexibility index (Phi) is 6.36. The van der Waals surface area contributed by atoms with Crippen molar-refractivity contribution in [2.45, 2.75) is 20.3 Å². The number of hydrogen-bond acceptors (Lipinski definition) is 4. The zero-order valence-corrected chi connectivity index (χ0v) is 19.1. The first kappa shape index (κ1) is 23.0. The molecule has 1 aromatic heterocycles. The van der Waals surface area contributed by atoms with Crippen LogP contribution in [0.5, 0.6) is 5.75 Å². The minimum Gasteiger partial charge on any atom is -0.493 e. The molecule has 2 N–H and O–H groups in total. The molecule has 0 aliphatic heterocycles. The van der Waals surface area contributed by atoms with Crippen LogP contribution in [-0.2, 0) is 6.42 Å². The molecule has 0 aliphatic rings. The highest BCUT2D eigenvalue weighted by atomic mass is 19.1. The smallest absolute Gasteiger partial charge is 0.335 e. The molecule has 0 bridgehead atoms. The minimum absolute atomic E-state index is 0.216. The lowest BCUT2D eigenvalue weighted by atomic mass is 9.95. The van der Waals surface area contributed by atoms with E-state index in [0.717, 1.165) is 5.56 Å². The summed E-state index contributed by atoms with van der Waals surface area (Å²) >= 11 is 0. The number of carboxylic acid groups (broad SMARTS) is 1. The summed E-state index contributed by atoms with van der Waals surface area (Å²) in [5, 5.41) is 12.9. The van der Waals surface area contributed by atoms with Crippen LogP contribution >= 0.6 is 0 Å². The number of rotatable bonds is 7. The zero-order chi connectivity index (χ0) is 24.4. The standard InChI is InChI=1S/C27H24FNO5/c1-4-15-6-7-17(12-20(15)27(31)32)19-13-21-23(14-22(19)33-5-2)34-25(24(21)26(30)29-3)16-8-10-18(28)11-9-16/h6-14H,4-5H2,1-3H3,(H,29,30)(H,31,32). The molecule has 34 heavy (non-hydrogen) atoms. The van der Waals surface area contributed by atoms with Crippen LogP contribution in [-0.4, -0.2) is 30.6 Å². The van der Waals surface area contributed by atoms with E-state index < -0.39 is 11.8 Å². The Balaban J connectivity index is 2.01. The van der Waals surface area contributed by atoms with Crippen LogP contribution in [0.4, 0.5) is 4.39 Å². The highest BCUT2D eigenvalue weighted by Gasteiger charge is 2.24. The fraction of sp³-hybridized carbons (Fsp3) is 0.185. The Morgan fingerprint density at radius 2 is 1.74 bits per heavy atom. The SMILES string of the molecule is CCOc1cc2oc(-c3ccc(F)cc3)c(C(=O)NC)c2cc1-c1ccc(CC)c(C(=O)O)c1. The first-order valence-electron chi connectivity index (χ1n) is 11.0. The molecule has 0 atom stereocenters. The van der Waals surface area contributed by atoms with Crippen LogP contribution in [0.15, 0.2) is 59.0 Å². The molecule has 4 rings (SSSR count). The van der Waals surface area contributed by atoms with Gasteiger partial charge in [-0.2, -0.15) is 0 Å². The summed E-state index contributed by atoms with van der Waals surface area (Å²) in [5.74, 6) is -0.960. The van der Waals surface area contributed by atoms with Crippen LogP contribution < -0.4 is 10.1 Å². The van der Waals surface area contributed by atoms with Crippen molar-refractivity contribution in [3.8, 4) is 28.2 Å². The third-order valence-electron chi connectivity index (χ3n) is 5.68. The van der Waals surface area contributed by atoms with E-state index in [1.54, 1.807) is 36.4 Å². The van der Waals surface area contributed by atoms with Gasteiger partial charge in [0.25, 0.3) is 5.91 Å². The average Bonchev–Trinajstić information content (AvgIpc) is 3.21. The van der Waals surface area contributed by atoms with E-state index in [0.29, 0.717) is 57.8 Å². The van der Waals surface area contributed by atoms with Crippen molar-refractivity contribution in [2.75, 3.05) is 13.7 Å². The number of carboxylic acids is 1. The van der Waals surface area contributed by atoms with Crippen molar-refractivity contribution in [2.24, 2.45) is 0 Å². The number of carbonyl (C=O) groups is 2. The van der Waals surface area contributed by atoms with Gasteiger partial charge in [-0.25, -0.2) is 9.18 Å². The largest absolute Gasteiger partial charge is 0.493 e. The molecule has 0 radical (unpaired) electrons. The van der Waals surface area contributed by atoms with Gasteiger partial charge in [0.15, 0.2) is 0 Å². The number of nitrogens with one attached hydrogen (secondary N) is 1. The van der Waals surface area contributed by atoms with E-state index in [1.165, 1.54) is 19.2 Å². The zero-order valence-electron chi connectivity index (χ0n) is 19.1. The van der Waals surface area contributed by atoms with Gasteiger partial charge >= 0.3 is 5.97 Å². The van der Waals surface area contributed by atoms with Gasteiger partial charge in [-0.3, -0.25) is 4.79 Å². The van der Waals surface area contributed by atoms with E-state index >= 15 is 0 Å². The first-order valence-corrected chi connectivity index (χ1v) is 11.0. The topological polar surface area (TPSA) is 88.8 Å². The quantitative estimate of drug-likeness (QED) is 0.356. The molecule has 0 aliphatic carbocycles. The highest BCUT2D eigenvalue weighted by molar-refractivity contribution is 6.12. The lowest BCUT2D eigenvalue weighted by molar-refractivity contribution is 0.0695. The van der Waals surface area contributed by atoms with Crippen molar-refractivity contribution >= 4 is 22.8 Å². The highest BCUT2D eigenvalue weighted by Crippen LogP contribution is 2.41. The van der Waals surface area contributed by atoms with Crippen LogP contribution in [0.3, 0.4) is 0 Å². The fourth-order valence-electron chi connectivity index (χ4n) is 4.03. The third kappa shape index (κ3) is 4.12. The van der Waals surface area contributed by atoms with Gasteiger partial charge in [-0.1, -0.05) is 19.1 Å². The molecule has 0 fully saturated rings. The Morgan fingerprint density at radius 1 is 1.03 bits per heavy atom. The summed E-state index contributed by atoms with van der Waals surface area (Å²) in [6.07, 6.45) is 0.586. The van der Waals surface area contributed by atoms with Crippen LogP contribution in [0.25, 0.3) is 33.4 Å². The normalized spacial score (nSPS) is 10.9. The van der Waals surface area contributed by atoms with Gasteiger partial charge in [0, 0.05) is 29.6 Å². The molecule has 4 aromatic rings. The molecule has 1 amide bonds. The number of halogens is 1. The van der Waals surface area contributed by atoms with Crippen LogP contribution in [0.1, 0.15) is 40.1 Å². The number of hydrogen-bond donors (Lipinski definition) is 2. The van der Waals surface area contributed by atoms with Crippen molar-refractivity contribution < 1.29 is 28.2 Å². The van der Waals surface area contributed by atoms with E-state index in [4.69, 9.17) is 9.15 Å². The predicted molar refractivity (Wildman–Crippen MR) is 128 cm³/mol. The average molecular weight is 461 g/mol. The van der Waals surface area contributed by atoms with E-state index in [1.807, 2.05) is 19.9 Å². The van der Waals surface area contributed by atoms with Crippen molar-refractivity contribution in [1.29, 1.82) is 0 Å². The summed E-state index contributed by atoms with van der Waals surface area (Å²) < 4.78 is 25.4. The summed E-state index contributed by atoms with van der Waals surface area (Å²) in [6.45, 7) is 4.13.